The molecule has 1 fully saturated rings. The molecule has 5 heteroatoms. The van der Waals surface area contributed by atoms with E-state index in [0.717, 1.165) is 19.3 Å². The number of carbonyl (C=O) groups is 1. The van der Waals surface area contributed by atoms with Crippen molar-refractivity contribution in [1.29, 1.82) is 0 Å². The van der Waals surface area contributed by atoms with Gasteiger partial charge in [0.05, 0.1) is 11.8 Å². The van der Waals surface area contributed by atoms with Crippen LogP contribution in [0.15, 0.2) is 17.0 Å². The van der Waals surface area contributed by atoms with Gasteiger partial charge in [0.25, 0.3) is 0 Å². The minimum Gasteiger partial charge on any atom is -0.344 e. The molecule has 0 radical (unpaired) electrons. The topological polar surface area (TPSA) is 58.6 Å². The maximum absolute atomic E-state index is 12.9. The number of Topliss-reactive ketones (excluding diaryl/α,β-unsaturated/α-hetero) is 1. The Kier molecular flexibility index (Phi) is 2.96. The minimum absolute atomic E-state index is 0.191. The number of fused-ring (bicyclic) bond motifs is 1. The average Bonchev–Trinajstić information content (AvgIpc) is 2.94. The van der Waals surface area contributed by atoms with E-state index in [4.69, 9.17) is 0 Å². The molecule has 1 aliphatic carbocycles. The van der Waals surface area contributed by atoms with Gasteiger partial charge in [-0.2, -0.15) is 0 Å². The molecule has 3 rings (SSSR count). The number of hydrogen-bond donors (Lipinski definition) is 1. The zero-order valence-electron chi connectivity index (χ0n) is 11.0. The number of aromatic amines is 1. The highest BCUT2D eigenvalue weighted by Gasteiger charge is 2.43. The fourth-order valence-corrected chi connectivity index (χ4v) is 3.31. The van der Waals surface area contributed by atoms with E-state index in [2.05, 4.69) is 44.7 Å². The molecule has 4 nitrogen and oxygen atoms in total. The van der Waals surface area contributed by atoms with Crippen LogP contribution >= 0.6 is 15.9 Å². The van der Waals surface area contributed by atoms with Crippen molar-refractivity contribution >= 4 is 32.9 Å². The summed E-state index contributed by atoms with van der Waals surface area (Å²) in [5, 5.41) is 0. The number of hydrogen-bond acceptors (Lipinski definition) is 3. The number of ketones is 1. The number of H-pyrrole nitrogens is 1. The van der Waals surface area contributed by atoms with Crippen molar-refractivity contribution in [3.8, 4) is 0 Å². The smallest absolute Gasteiger partial charge is 0.172 e. The van der Waals surface area contributed by atoms with Crippen molar-refractivity contribution < 1.29 is 4.79 Å². The molecule has 2 atom stereocenters. The Bertz CT molecular complexity index is 651. The van der Waals surface area contributed by atoms with Gasteiger partial charge in [0, 0.05) is 11.6 Å². The Balaban J connectivity index is 2.09. The first-order valence-electron chi connectivity index (χ1n) is 6.57. The molecular weight excluding hydrogens is 306 g/mol. The molecule has 0 amide bonds. The monoisotopic (exact) mass is 321 g/mol. The summed E-state index contributed by atoms with van der Waals surface area (Å²) in [4.78, 5) is 24.5. The summed E-state index contributed by atoms with van der Waals surface area (Å²) in [5.74, 6) is 0.612. The normalized spacial score (nSPS) is 27.0. The quantitative estimate of drug-likeness (QED) is 0.857. The first-order valence-corrected chi connectivity index (χ1v) is 7.36. The first kappa shape index (κ1) is 12.8. The number of rotatable bonds is 2. The lowest BCUT2D eigenvalue weighted by Crippen LogP contribution is -2.30. The number of carbonyl (C=O) groups excluding carboxylic acids is 1. The molecular formula is C14H16BrN3O. The second kappa shape index (κ2) is 4.40. The molecule has 1 aliphatic rings. The van der Waals surface area contributed by atoms with Crippen LogP contribution in [0.1, 0.15) is 43.5 Å². The summed E-state index contributed by atoms with van der Waals surface area (Å²) in [6, 6.07) is 0. The maximum atomic E-state index is 12.9. The molecule has 2 aromatic heterocycles. The average molecular weight is 322 g/mol. The lowest BCUT2D eigenvalue weighted by atomic mass is 9.75. The van der Waals surface area contributed by atoms with Crippen LogP contribution in [0.2, 0.25) is 0 Å². The standard InChI is InChI=1S/C14H16BrN3O/c1-8-4-3-5-14(8,2)12(19)9-6-16-13-11(9)18-10(15)7-17-13/h6-8H,3-5H2,1-2H3,(H,16,17)/t8-,14-/m0/s1. The van der Waals surface area contributed by atoms with Crippen LogP contribution < -0.4 is 0 Å². The highest BCUT2D eigenvalue weighted by Crippen LogP contribution is 2.45. The van der Waals surface area contributed by atoms with Gasteiger partial charge in [0.1, 0.15) is 10.1 Å². The van der Waals surface area contributed by atoms with E-state index in [1.807, 2.05) is 0 Å². The zero-order valence-corrected chi connectivity index (χ0v) is 12.6. The van der Waals surface area contributed by atoms with E-state index >= 15 is 0 Å². The summed E-state index contributed by atoms with van der Waals surface area (Å²) in [6.07, 6.45) is 6.59. The summed E-state index contributed by atoms with van der Waals surface area (Å²) in [6.45, 7) is 4.25. The predicted octanol–water partition coefficient (Wildman–Crippen LogP) is 3.73. The van der Waals surface area contributed by atoms with Crippen LogP contribution in [-0.4, -0.2) is 20.7 Å². The van der Waals surface area contributed by atoms with Crippen LogP contribution in [-0.2, 0) is 0 Å². The SMILES string of the molecule is C[C@H]1CCC[C@]1(C)C(=O)c1c[nH]c2ncc(Br)nc12. The summed E-state index contributed by atoms with van der Waals surface area (Å²) in [7, 11) is 0. The molecule has 0 aliphatic heterocycles. The van der Waals surface area contributed by atoms with Gasteiger partial charge in [-0.15, -0.1) is 0 Å². The molecule has 0 unspecified atom stereocenters. The van der Waals surface area contributed by atoms with Crippen molar-refractivity contribution in [2.45, 2.75) is 33.1 Å². The Morgan fingerprint density at radius 3 is 3.05 bits per heavy atom. The Morgan fingerprint density at radius 1 is 1.58 bits per heavy atom. The zero-order chi connectivity index (χ0) is 13.6. The van der Waals surface area contributed by atoms with E-state index in [1.54, 1.807) is 12.4 Å². The van der Waals surface area contributed by atoms with Gasteiger partial charge < -0.3 is 4.98 Å². The van der Waals surface area contributed by atoms with Crippen molar-refractivity contribution in [3.05, 3.63) is 22.6 Å². The van der Waals surface area contributed by atoms with Crippen molar-refractivity contribution in [2.75, 3.05) is 0 Å². The van der Waals surface area contributed by atoms with E-state index in [-0.39, 0.29) is 11.2 Å². The third-order valence-corrected chi connectivity index (χ3v) is 4.92. The molecule has 19 heavy (non-hydrogen) atoms. The predicted molar refractivity (Wildman–Crippen MR) is 77.0 cm³/mol. The summed E-state index contributed by atoms with van der Waals surface area (Å²) >= 11 is 3.31. The van der Waals surface area contributed by atoms with Crippen molar-refractivity contribution in [1.82, 2.24) is 15.0 Å². The number of nitrogens with one attached hydrogen (secondary N) is 1. The molecule has 1 saturated carbocycles. The molecule has 0 aromatic carbocycles. The third-order valence-electron chi connectivity index (χ3n) is 4.54. The van der Waals surface area contributed by atoms with Crippen LogP contribution in [0.5, 0.6) is 0 Å². The second-order valence-corrected chi connectivity index (χ2v) is 6.44. The molecule has 1 N–H and O–H groups in total. The summed E-state index contributed by atoms with van der Waals surface area (Å²) < 4.78 is 0.651. The van der Waals surface area contributed by atoms with Crippen molar-refractivity contribution in [2.24, 2.45) is 11.3 Å². The van der Waals surface area contributed by atoms with E-state index in [0.29, 0.717) is 27.2 Å². The second-order valence-electron chi connectivity index (χ2n) is 5.63. The fourth-order valence-electron chi connectivity index (χ4n) is 3.03. The Hall–Kier alpha value is -1.23. The van der Waals surface area contributed by atoms with Crippen LogP contribution in [0.4, 0.5) is 0 Å². The lowest BCUT2D eigenvalue weighted by molar-refractivity contribution is 0.0767. The van der Waals surface area contributed by atoms with Crippen LogP contribution in [0.3, 0.4) is 0 Å². The Labute approximate surface area is 120 Å². The van der Waals surface area contributed by atoms with Gasteiger partial charge in [-0.1, -0.05) is 20.3 Å². The number of nitrogens with zero attached hydrogens (tertiary/aromatic N) is 2. The van der Waals surface area contributed by atoms with E-state index in [9.17, 15) is 4.79 Å². The highest BCUT2D eigenvalue weighted by molar-refractivity contribution is 9.10. The fraction of sp³-hybridized carbons (Fsp3) is 0.500. The van der Waals surface area contributed by atoms with Gasteiger partial charge in [0.15, 0.2) is 11.4 Å². The largest absolute Gasteiger partial charge is 0.344 e. The summed E-state index contributed by atoms with van der Waals surface area (Å²) in [5.41, 5.74) is 1.74. The number of aromatic nitrogens is 3. The Morgan fingerprint density at radius 2 is 2.37 bits per heavy atom. The van der Waals surface area contributed by atoms with Gasteiger partial charge in [0.2, 0.25) is 0 Å². The van der Waals surface area contributed by atoms with E-state index < -0.39 is 0 Å². The highest BCUT2D eigenvalue weighted by atomic mass is 79.9. The molecule has 2 aromatic rings. The molecule has 2 heterocycles. The van der Waals surface area contributed by atoms with Gasteiger partial charge >= 0.3 is 0 Å². The van der Waals surface area contributed by atoms with E-state index in [1.165, 1.54) is 0 Å². The van der Waals surface area contributed by atoms with Crippen LogP contribution in [0.25, 0.3) is 11.2 Å². The lowest BCUT2D eigenvalue weighted by Gasteiger charge is -2.27. The van der Waals surface area contributed by atoms with Gasteiger partial charge in [-0.3, -0.25) is 4.79 Å². The molecule has 0 bridgehead atoms. The number of halogens is 1. The first-order chi connectivity index (χ1) is 9.02. The van der Waals surface area contributed by atoms with Crippen LogP contribution in [0, 0.1) is 11.3 Å². The molecule has 0 spiro atoms. The van der Waals surface area contributed by atoms with Gasteiger partial charge in [-0.05, 0) is 34.7 Å². The maximum Gasteiger partial charge on any atom is 0.172 e. The minimum atomic E-state index is -0.265. The molecule has 100 valence electrons. The van der Waals surface area contributed by atoms with Gasteiger partial charge in [-0.25, -0.2) is 9.97 Å². The third kappa shape index (κ3) is 1.91. The molecule has 0 saturated heterocycles. The van der Waals surface area contributed by atoms with Crippen molar-refractivity contribution in [3.63, 3.8) is 0 Å².